The predicted octanol–water partition coefficient (Wildman–Crippen LogP) is 4.04. The van der Waals surface area contributed by atoms with Crippen LogP contribution in [-0.4, -0.2) is 4.98 Å². The van der Waals surface area contributed by atoms with Crippen LogP contribution in [0.2, 0.25) is 0 Å². The van der Waals surface area contributed by atoms with Crippen molar-refractivity contribution >= 4 is 33.5 Å². The van der Waals surface area contributed by atoms with E-state index in [1.807, 2.05) is 12.3 Å². The molecule has 0 saturated heterocycles. The Bertz CT molecular complexity index is 686. The lowest BCUT2D eigenvalue weighted by molar-refractivity contribution is 1.30. The van der Waals surface area contributed by atoms with Gasteiger partial charge >= 0.3 is 0 Å². The highest BCUT2D eigenvalue weighted by Gasteiger charge is 2.14. The van der Waals surface area contributed by atoms with Crippen LogP contribution < -0.4 is 10.6 Å². The van der Waals surface area contributed by atoms with Crippen molar-refractivity contribution in [1.82, 2.24) is 4.98 Å². The number of pyridine rings is 1. The summed E-state index contributed by atoms with van der Waals surface area (Å²) < 4.78 is 0. The molecule has 3 nitrogen and oxygen atoms in total. The Labute approximate surface area is 104 Å². The van der Waals surface area contributed by atoms with Gasteiger partial charge in [-0.25, -0.2) is 0 Å². The molecule has 2 N–H and O–H groups in total. The van der Waals surface area contributed by atoms with Gasteiger partial charge in [0, 0.05) is 6.20 Å². The van der Waals surface area contributed by atoms with E-state index in [0.29, 0.717) is 0 Å². The molecule has 86 valence electrons. The molecule has 0 spiro atoms. The minimum absolute atomic E-state index is 1.01. The predicted molar refractivity (Wildman–Crippen MR) is 74.8 cm³/mol. The molecule has 3 heteroatoms. The third kappa shape index (κ3) is 1.34. The van der Waals surface area contributed by atoms with E-state index in [4.69, 9.17) is 0 Å². The smallest absolute Gasteiger partial charge is 0.0810 e. The van der Waals surface area contributed by atoms with Crippen LogP contribution in [0.4, 0.5) is 22.7 Å². The summed E-state index contributed by atoms with van der Waals surface area (Å²) in [5.74, 6) is 0. The first-order chi connectivity index (χ1) is 8.90. The topological polar surface area (TPSA) is 37.0 Å². The Kier molecular flexibility index (Phi) is 1.83. The summed E-state index contributed by atoms with van der Waals surface area (Å²) in [6.07, 6.45) is 3.63. The van der Waals surface area contributed by atoms with E-state index in [1.165, 1.54) is 10.8 Å². The average Bonchev–Trinajstić information content (AvgIpc) is 2.42. The lowest BCUT2D eigenvalue weighted by atomic mass is 10.1. The van der Waals surface area contributed by atoms with Gasteiger partial charge in [0.2, 0.25) is 0 Å². The van der Waals surface area contributed by atoms with E-state index in [1.54, 1.807) is 6.20 Å². The fraction of sp³-hybridized carbons (Fsp3) is 0. The molecule has 1 aromatic heterocycles. The van der Waals surface area contributed by atoms with Crippen molar-refractivity contribution in [2.75, 3.05) is 10.6 Å². The van der Waals surface area contributed by atoms with Gasteiger partial charge in [-0.1, -0.05) is 24.3 Å². The van der Waals surface area contributed by atoms with Gasteiger partial charge in [0.25, 0.3) is 0 Å². The lowest BCUT2D eigenvalue weighted by Crippen LogP contribution is -2.06. The number of benzene rings is 2. The summed E-state index contributed by atoms with van der Waals surface area (Å²) in [5, 5.41) is 9.31. The Morgan fingerprint density at radius 2 is 1.39 bits per heavy atom. The normalized spacial score (nSPS) is 12.2. The van der Waals surface area contributed by atoms with Crippen molar-refractivity contribution < 1.29 is 0 Å². The standard InChI is InChI=1S/C15H11N3/c1-2-4-11-8-14-13(7-10(11)3-1)17-12-5-6-16-9-15(12)18-14/h1-9,17-18H. The zero-order valence-corrected chi connectivity index (χ0v) is 9.64. The summed E-state index contributed by atoms with van der Waals surface area (Å²) in [7, 11) is 0. The zero-order valence-electron chi connectivity index (χ0n) is 9.64. The average molecular weight is 233 g/mol. The highest BCUT2D eigenvalue weighted by atomic mass is 15.0. The molecule has 2 heterocycles. The summed E-state index contributed by atoms with van der Waals surface area (Å²) in [6, 6.07) is 14.7. The van der Waals surface area contributed by atoms with Crippen LogP contribution in [0.15, 0.2) is 54.9 Å². The van der Waals surface area contributed by atoms with Gasteiger partial charge in [0.15, 0.2) is 0 Å². The second kappa shape index (κ2) is 3.47. The molecule has 0 unspecified atom stereocenters. The minimum Gasteiger partial charge on any atom is -0.352 e. The molecule has 0 fully saturated rings. The molecule has 18 heavy (non-hydrogen) atoms. The Balaban J connectivity index is 1.92. The molecule has 3 aromatic rings. The van der Waals surface area contributed by atoms with E-state index < -0.39 is 0 Å². The molecular weight excluding hydrogens is 222 g/mol. The first-order valence-corrected chi connectivity index (χ1v) is 5.91. The van der Waals surface area contributed by atoms with Gasteiger partial charge in [-0.05, 0) is 29.0 Å². The lowest BCUT2D eigenvalue weighted by Gasteiger charge is -2.23. The molecule has 0 amide bonds. The number of hydrogen-bond donors (Lipinski definition) is 2. The van der Waals surface area contributed by atoms with Crippen LogP contribution in [0.1, 0.15) is 0 Å². The highest BCUT2D eigenvalue weighted by Crippen LogP contribution is 2.39. The molecule has 0 bridgehead atoms. The fourth-order valence-corrected chi connectivity index (χ4v) is 2.34. The molecule has 1 aliphatic heterocycles. The number of anilines is 4. The third-order valence-electron chi connectivity index (χ3n) is 3.25. The fourth-order valence-electron chi connectivity index (χ4n) is 2.34. The first kappa shape index (κ1) is 9.48. The second-order valence-corrected chi connectivity index (χ2v) is 4.42. The van der Waals surface area contributed by atoms with Crippen LogP contribution in [-0.2, 0) is 0 Å². The summed E-state index contributed by atoms with van der Waals surface area (Å²) in [5.41, 5.74) is 4.27. The quantitative estimate of drug-likeness (QED) is 0.481. The summed E-state index contributed by atoms with van der Waals surface area (Å²) >= 11 is 0. The van der Waals surface area contributed by atoms with Crippen LogP contribution in [0, 0.1) is 0 Å². The maximum absolute atomic E-state index is 4.13. The number of aromatic nitrogens is 1. The maximum Gasteiger partial charge on any atom is 0.0810 e. The van der Waals surface area contributed by atoms with Crippen molar-refractivity contribution in [2.45, 2.75) is 0 Å². The van der Waals surface area contributed by atoms with Crippen molar-refractivity contribution in [3.8, 4) is 0 Å². The van der Waals surface area contributed by atoms with Crippen molar-refractivity contribution in [1.29, 1.82) is 0 Å². The number of hydrogen-bond acceptors (Lipinski definition) is 3. The molecule has 4 rings (SSSR count). The molecule has 0 radical (unpaired) electrons. The number of rotatable bonds is 0. The first-order valence-electron chi connectivity index (χ1n) is 5.91. The Morgan fingerprint density at radius 1 is 0.722 bits per heavy atom. The SMILES string of the molecule is c1ccc2cc3c(cc2c1)Nc1ccncc1N3. The summed E-state index contributed by atoms with van der Waals surface area (Å²) in [6.45, 7) is 0. The van der Waals surface area contributed by atoms with E-state index in [-0.39, 0.29) is 0 Å². The zero-order chi connectivity index (χ0) is 11.9. The number of nitrogens with one attached hydrogen (secondary N) is 2. The van der Waals surface area contributed by atoms with E-state index in [2.05, 4.69) is 52.0 Å². The minimum atomic E-state index is 1.01. The van der Waals surface area contributed by atoms with Crippen LogP contribution >= 0.6 is 0 Å². The van der Waals surface area contributed by atoms with E-state index in [0.717, 1.165) is 22.7 Å². The van der Waals surface area contributed by atoms with Gasteiger partial charge in [-0.15, -0.1) is 0 Å². The number of nitrogens with zero attached hydrogens (tertiary/aromatic N) is 1. The van der Waals surface area contributed by atoms with Gasteiger partial charge < -0.3 is 10.6 Å². The van der Waals surface area contributed by atoms with Gasteiger partial charge in [0.05, 0.1) is 28.9 Å². The van der Waals surface area contributed by atoms with Gasteiger partial charge in [-0.3, -0.25) is 4.98 Å². The maximum atomic E-state index is 4.13. The highest BCUT2D eigenvalue weighted by molar-refractivity contribution is 5.98. The van der Waals surface area contributed by atoms with Gasteiger partial charge in [0.1, 0.15) is 0 Å². The van der Waals surface area contributed by atoms with Crippen LogP contribution in [0.3, 0.4) is 0 Å². The molecule has 0 aliphatic carbocycles. The van der Waals surface area contributed by atoms with E-state index in [9.17, 15) is 0 Å². The second-order valence-electron chi connectivity index (χ2n) is 4.42. The van der Waals surface area contributed by atoms with Crippen molar-refractivity contribution in [3.63, 3.8) is 0 Å². The third-order valence-corrected chi connectivity index (χ3v) is 3.25. The number of fused-ring (bicyclic) bond motifs is 3. The molecule has 0 saturated carbocycles. The van der Waals surface area contributed by atoms with Crippen LogP contribution in [0.5, 0.6) is 0 Å². The van der Waals surface area contributed by atoms with Crippen molar-refractivity contribution in [3.05, 3.63) is 54.9 Å². The van der Waals surface area contributed by atoms with Crippen LogP contribution in [0.25, 0.3) is 10.8 Å². The van der Waals surface area contributed by atoms with Crippen molar-refractivity contribution in [2.24, 2.45) is 0 Å². The largest absolute Gasteiger partial charge is 0.352 e. The monoisotopic (exact) mass is 233 g/mol. The van der Waals surface area contributed by atoms with Gasteiger partial charge in [-0.2, -0.15) is 0 Å². The Morgan fingerprint density at radius 3 is 2.11 bits per heavy atom. The Hall–Kier alpha value is -2.55. The molecule has 0 atom stereocenters. The molecular formula is C15H11N3. The van der Waals surface area contributed by atoms with E-state index >= 15 is 0 Å². The molecule has 1 aliphatic rings. The molecule has 2 aromatic carbocycles. The summed E-state index contributed by atoms with van der Waals surface area (Å²) in [4.78, 5) is 4.13.